The number of aliphatic carboxylic acids is 2. The van der Waals surface area contributed by atoms with Crippen LogP contribution in [0.2, 0.25) is 0 Å². The Balaban J connectivity index is 0.000000472. The lowest BCUT2D eigenvalue weighted by Crippen LogP contribution is -2.02. The standard InChI is InChI=1S/C7H6O6S.C4H4O4/c8-6-2-1-4(14(11,12)13)3-5(6)7(9)10;5-3(6)1-2-4(7)8/h1-3,8H,(H,9,10)(H,11,12,13);1-2H,(H,5,6)(H,7,8). The molecule has 1 rings (SSSR count). The summed E-state index contributed by atoms with van der Waals surface area (Å²) in [5.74, 6) is -4.56. The van der Waals surface area contributed by atoms with Gasteiger partial charge in [-0.2, -0.15) is 8.42 Å². The molecule has 22 heavy (non-hydrogen) atoms. The quantitative estimate of drug-likeness (QED) is 0.372. The van der Waals surface area contributed by atoms with Gasteiger partial charge >= 0.3 is 17.9 Å². The van der Waals surface area contributed by atoms with E-state index in [1.807, 2.05) is 0 Å². The van der Waals surface area contributed by atoms with Gasteiger partial charge in [0.05, 0.1) is 4.90 Å². The maximum absolute atomic E-state index is 10.6. The Morgan fingerprint density at radius 3 is 1.73 bits per heavy atom. The summed E-state index contributed by atoms with van der Waals surface area (Å²) in [6.07, 6.45) is 1.12. The highest BCUT2D eigenvalue weighted by Crippen LogP contribution is 2.20. The molecule has 0 fully saturated rings. The molecule has 0 aliphatic rings. The summed E-state index contributed by atoms with van der Waals surface area (Å²) in [6.45, 7) is 0. The van der Waals surface area contributed by atoms with Gasteiger partial charge in [0.2, 0.25) is 0 Å². The molecule has 5 N–H and O–H groups in total. The molecule has 0 saturated carbocycles. The van der Waals surface area contributed by atoms with E-state index in [-0.39, 0.29) is 0 Å². The van der Waals surface area contributed by atoms with Crippen LogP contribution in [0.25, 0.3) is 0 Å². The normalized spacial score (nSPS) is 10.6. The summed E-state index contributed by atoms with van der Waals surface area (Å²) >= 11 is 0. The monoisotopic (exact) mass is 334 g/mol. The number of carboxylic acids is 3. The molecule has 0 aliphatic heterocycles. The summed E-state index contributed by atoms with van der Waals surface area (Å²) in [7, 11) is -4.45. The van der Waals surface area contributed by atoms with Crippen LogP contribution in [0.4, 0.5) is 0 Å². The highest BCUT2D eigenvalue weighted by Gasteiger charge is 2.16. The SMILES string of the molecule is O=C(O)C=CC(=O)O.O=C(O)c1cc(S(=O)(=O)O)ccc1O. The van der Waals surface area contributed by atoms with Gasteiger partial charge in [-0.1, -0.05) is 0 Å². The second kappa shape index (κ2) is 7.75. The van der Waals surface area contributed by atoms with Crippen molar-refractivity contribution >= 4 is 28.0 Å². The first-order valence-corrected chi connectivity index (χ1v) is 6.57. The predicted octanol–water partition coefficient (Wildman–Crippen LogP) is 0.0489. The number of aromatic carboxylic acids is 1. The second-order valence-corrected chi connectivity index (χ2v) is 4.89. The fraction of sp³-hybridized carbons (Fsp3) is 0. The van der Waals surface area contributed by atoms with Crippen molar-refractivity contribution in [3.05, 3.63) is 35.9 Å². The molecule has 0 spiro atoms. The van der Waals surface area contributed by atoms with Crippen LogP contribution in [0, 0.1) is 0 Å². The average molecular weight is 334 g/mol. The van der Waals surface area contributed by atoms with Gasteiger partial charge < -0.3 is 20.4 Å². The summed E-state index contributed by atoms with van der Waals surface area (Å²) < 4.78 is 29.8. The van der Waals surface area contributed by atoms with E-state index in [4.69, 9.17) is 25.0 Å². The zero-order valence-electron chi connectivity index (χ0n) is 10.6. The predicted molar refractivity (Wildman–Crippen MR) is 69.3 cm³/mol. The summed E-state index contributed by atoms with van der Waals surface area (Å²) in [5.41, 5.74) is -0.583. The number of benzene rings is 1. The van der Waals surface area contributed by atoms with E-state index in [0.29, 0.717) is 18.2 Å². The maximum Gasteiger partial charge on any atom is 0.339 e. The molecule has 0 bridgehead atoms. The molecular formula is C11H10O10S. The Labute approximate surface area is 123 Å². The van der Waals surface area contributed by atoms with E-state index >= 15 is 0 Å². The number of carboxylic acid groups (broad SMARTS) is 3. The van der Waals surface area contributed by atoms with Gasteiger partial charge in [0, 0.05) is 12.2 Å². The van der Waals surface area contributed by atoms with E-state index in [2.05, 4.69) is 0 Å². The summed E-state index contributed by atoms with van der Waals surface area (Å²) in [5, 5.41) is 33.2. The minimum absolute atomic E-state index is 0.558. The number of rotatable bonds is 4. The minimum Gasteiger partial charge on any atom is -0.507 e. The molecule has 11 heteroatoms. The fourth-order valence-electron chi connectivity index (χ4n) is 0.989. The Hall–Kier alpha value is -2.92. The summed E-state index contributed by atoms with van der Waals surface area (Å²) in [6, 6.07) is 2.46. The maximum atomic E-state index is 10.6. The molecule has 0 saturated heterocycles. The molecule has 1 aromatic rings. The number of phenols is 1. The van der Waals surface area contributed by atoms with Gasteiger partial charge in [0.25, 0.3) is 10.1 Å². The number of hydrogen-bond acceptors (Lipinski definition) is 6. The first kappa shape index (κ1) is 19.1. The lowest BCUT2D eigenvalue weighted by Gasteiger charge is -2.01. The van der Waals surface area contributed by atoms with Gasteiger partial charge in [-0.05, 0) is 18.2 Å². The Morgan fingerprint density at radius 2 is 1.41 bits per heavy atom. The summed E-state index contributed by atoms with van der Waals surface area (Å²) in [4.78, 5) is 29.0. The molecule has 0 atom stereocenters. The largest absolute Gasteiger partial charge is 0.507 e. The zero-order valence-corrected chi connectivity index (χ0v) is 11.4. The van der Waals surface area contributed by atoms with Crippen molar-refractivity contribution in [1.29, 1.82) is 0 Å². The molecule has 0 radical (unpaired) electrons. The third-order valence-electron chi connectivity index (χ3n) is 1.86. The molecule has 0 aliphatic carbocycles. The van der Waals surface area contributed by atoms with Crippen LogP contribution < -0.4 is 0 Å². The van der Waals surface area contributed by atoms with E-state index in [9.17, 15) is 22.8 Å². The molecule has 0 amide bonds. The number of carbonyl (C=O) groups is 3. The second-order valence-electron chi connectivity index (χ2n) is 3.47. The molecule has 0 unspecified atom stereocenters. The smallest absolute Gasteiger partial charge is 0.339 e. The van der Waals surface area contributed by atoms with Crippen molar-refractivity contribution in [2.45, 2.75) is 4.90 Å². The van der Waals surface area contributed by atoms with Gasteiger partial charge in [0.1, 0.15) is 11.3 Å². The van der Waals surface area contributed by atoms with Crippen molar-refractivity contribution < 1.29 is 47.8 Å². The molecule has 1 aromatic carbocycles. The van der Waals surface area contributed by atoms with Crippen LogP contribution in [0.15, 0.2) is 35.2 Å². The van der Waals surface area contributed by atoms with E-state index in [1.54, 1.807) is 0 Å². The first-order chi connectivity index (χ1) is 9.95. The van der Waals surface area contributed by atoms with Crippen LogP contribution in [0.3, 0.4) is 0 Å². The average Bonchev–Trinajstić information content (AvgIpc) is 2.35. The van der Waals surface area contributed by atoms with Gasteiger partial charge in [0.15, 0.2) is 0 Å². The Bertz CT molecular complexity index is 700. The highest BCUT2D eigenvalue weighted by atomic mass is 32.2. The van der Waals surface area contributed by atoms with Crippen molar-refractivity contribution in [1.82, 2.24) is 0 Å². The molecule has 10 nitrogen and oxygen atoms in total. The van der Waals surface area contributed by atoms with E-state index in [0.717, 1.165) is 12.1 Å². The van der Waals surface area contributed by atoms with Crippen molar-refractivity contribution in [2.24, 2.45) is 0 Å². The lowest BCUT2D eigenvalue weighted by molar-refractivity contribution is -0.134. The highest BCUT2D eigenvalue weighted by molar-refractivity contribution is 7.85. The molecule has 0 aromatic heterocycles. The van der Waals surface area contributed by atoms with Crippen LogP contribution >= 0.6 is 0 Å². The third kappa shape index (κ3) is 7.02. The third-order valence-corrected chi connectivity index (χ3v) is 2.71. The van der Waals surface area contributed by atoms with Crippen LogP contribution in [0.5, 0.6) is 5.75 Å². The van der Waals surface area contributed by atoms with E-state index in [1.165, 1.54) is 0 Å². The van der Waals surface area contributed by atoms with Crippen molar-refractivity contribution in [3.63, 3.8) is 0 Å². The molecular weight excluding hydrogens is 324 g/mol. The van der Waals surface area contributed by atoms with Gasteiger partial charge in [-0.15, -0.1) is 0 Å². The van der Waals surface area contributed by atoms with Crippen LogP contribution in [-0.2, 0) is 19.7 Å². The Morgan fingerprint density at radius 1 is 0.955 bits per heavy atom. The fourth-order valence-corrected chi connectivity index (χ4v) is 1.50. The van der Waals surface area contributed by atoms with E-state index < -0.39 is 44.2 Å². The number of hydrogen-bond donors (Lipinski definition) is 5. The van der Waals surface area contributed by atoms with Gasteiger partial charge in [-0.25, -0.2) is 14.4 Å². The molecule has 120 valence electrons. The first-order valence-electron chi connectivity index (χ1n) is 5.13. The number of aromatic hydroxyl groups is 1. The van der Waals surface area contributed by atoms with Crippen LogP contribution in [-0.4, -0.2) is 51.3 Å². The van der Waals surface area contributed by atoms with Crippen molar-refractivity contribution in [3.8, 4) is 5.75 Å². The Kier molecular flexibility index (Phi) is 6.73. The lowest BCUT2D eigenvalue weighted by atomic mass is 10.2. The minimum atomic E-state index is -4.45. The zero-order chi connectivity index (χ0) is 17.5. The molecule has 0 heterocycles. The topological polar surface area (TPSA) is 186 Å². The van der Waals surface area contributed by atoms with Crippen LogP contribution in [0.1, 0.15) is 10.4 Å². The van der Waals surface area contributed by atoms with Crippen molar-refractivity contribution in [2.75, 3.05) is 0 Å². The van der Waals surface area contributed by atoms with Gasteiger partial charge in [-0.3, -0.25) is 4.55 Å².